The summed E-state index contributed by atoms with van der Waals surface area (Å²) in [5.74, 6) is -0.655. The number of carbonyl (C=O) groups is 1. The minimum absolute atomic E-state index is 0.345. The summed E-state index contributed by atoms with van der Waals surface area (Å²) in [6.45, 7) is 2.26. The first-order chi connectivity index (χ1) is 10.8. The lowest BCUT2D eigenvalue weighted by Crippen LogP contribution is -1.93. The molecule has 0 atom stereocenters. The predicted octanol–water partition coefficient (Wildman–Crippen LogP) is 4.90. The van der Waals surface area contributed by atoms with E-state index in [1.165, 1.54) is 70.6 Å². The van der Waals surface area contributed by atoms with Crippen molar-refractivity contribution in [1.82, 2.24) is 0 Å². The third-order valence-corrected chi connectivity index (χ3v) is 3.49. The molecular formula is C16H34O6S. The van der Waals surface area contributed by atoms with Gasteiger partial charge in [-0.2, -0.15) is 8.42 Å². The summed E-state index contributed by atoms with van der Waals surface area (Å²) in [6, 6.07) is 0. The summed E-state index contributed by atoms with van der Waals surface area (Å²) in [4.78, 5) is 10.3. The SMILES string of the molecule is CCCCCCCCCCCCCCCC(=O)O.O=S(=O)(O)O. The lowest BCUT2D eigenvalue weighted by Gasteiger charge is -2.02. The van der Waals surface area contributed by atoms with Crippen molar-refractivity contribution in [2.24, 2.45) is 0 Å². The Morgan fingerprint density at radius 2 is 0.957 bits per heavy atom. The van der Waals surface area contributed by atoms with Gasteiger partial charge in [-0.1, -0.05) is 84.0 Å². The number of hydrogen-bond acceptors (Lipinski definition) is 3. The molecule has 0 radical (unpaired) electrons. The van der Waals surface area contributed by atoms with Crippen molar-refractivity contribution in [3.05, 3.63) is 0 Å². The zero-order valence-corrected chi connectivity index (χ0v) is 15.2. The molecule has 0 aromatic rings. The maximum atomic E-state index is 10.3. The molecule has 0 saturated heterocycles. The van der Waals surface area contributed by atoms with Crippen LogP contribution < -0.4 is 0 Å². The summed E-state index contributed by atoms with van der Waals surface area (Å²) in [5, 5.41) is 8.49. The van der Waals surface area contributed by atoms with Gasteiger partial charge in [-0.25, -0.2) is 0 Å². The maximum absolute atomic E-state index is 10.3. The second-order valence-electron chi connectivity index (χ2n) is 5.83. The van der Waals surface area contributed by atoms with Crippen molar-refractivity contribution < 1.29 is 27.4 Å². The van der Waals surface area contributed by atoms with E-state index < -0.39 is 16.4 Å². The van der Waals surface area contributed by atoms with Crippen molar-refractivity contribution in [3.8, 4) is 0 Å². The normalized spacial score (nSPS) is 10.9. The monoisotopic (exact) mass is 354 g/mol. The molecule has 7 heteroatoms. The van der Waals surface area contributed by atoms with Gasteiger partial charge in [0.25, 0.3) is 0 Å². The first-order valence-electron chi connectivity index (χ1n) is 8.69. The van der Waals surface area contributed by atoms with E-state index in [1.807, 2.05) is 0 Å². The van der Waals surface area contributed by atoms with Gasteiger partial charge in [0.15, 0.2) is 0 Å². The van der Waals surface area contributed by atoms with Gasteiger partial charge < -0.3 is 5.11 Å². The van der Waals surface area contributed by atoms with Crippen molar-refractivity contribution in [2.45, 2.75) is 96.8 Å². The summed E-state index contributed by atoms with van der Waals surface area (Å²) in [5.41, 5.74) is 0. The Kier molecular flexibility index (Phi) is 18.9. The van der Waals surface area contributed by atoms with Gasteiger partial charge in [0.05, 0.1) is 0 Å². The Bertz CT molecular complexity index is 346. The van der Waals surface area contributed by atoms with E-state index >= 15 is 0 Å². The molecule has 3 N–H and O–H groups in total. The standard InChI is InChI=1S/C16H32O2.H2O4S/c1-2-3-4-5-6-7-8-9-10-11-12-13-14-15-16(17)18;1-5(2,3)4/h2-15H2,1H3,(H,17,18);(H2,1,2,3,4). The molecular weight excluding hydrogens is 320 g/mol. The topological polar surface area (TPSA) is 112 Å². The molecule has 23 heavy (non-hydrogen) atoms. The van der Waals surface area contributed by atoms with Crippen LogP contribution in [0.3, 0.4) is 0 Å². The van der Waals surface area contributed by atoms with Crippen molar-refractivity contribution >= 4 is 16.4 Å². The Hall–Kier alpha value is -0.660. The highest BCUT2D eigenvalue weighted by molar-refractivity contribution is 7.79. The molecule has 0 aliphatic rings. The van der Waals surface area contributed by atoms with E-state index in [4.69, 9.17) is 22.6 Å². The molecule has 0 fully saturated rings. The third-order valence-electron chi connectivity index (χ3n) is 3.49. The van der Waals surface area contributed by atoms with E-state index in [-0.39, 0.29) is 0 Å². The lowest BCUT2D eigenvalue weighted by molar-refractivity contribution is -0.137. The van der Waals surface area contributed by atoms with Crippen LogP contribution >= 0.6 is 0 Å². The highest BCUT2D eigenvalue weighted by Gasteiger charge is 1.96. The van der Waals surface area contributed by atoms with Gasteiger partial charge in [0.2, 0.25) is 0 Å². The van der Waals surface area contributed by atoms with Crippen LogP contribution in [0.4, 0.5) is 0 Å². The molecule has 0 aromatic carbocycles. The average molecular weight is 355 g/mol. The van der Waals surface area contributed by atoms with Gasteiger partial charge in [-0.15, -0.1) is 0 Å². The molecule has 0 unspecified atom stereocenters. The fraction of sp³-hybridized carbons (Fsp3) is 0.938. The molecule has 0 heterocycles. The molecule has 0 aliphatic carbocycles. The van der Waals surface area contributed by atoms with Gasteiger partial charge in [-0.3, -0.25) is 13.9 Å². The van der Waals surface area contributed by atoms with E-state index in [9.17, 15) is 4.79 Å². The predicted molar refractivity (Wildman–Crippen MR) is 92.1 cm³/mol. The molecule has 0 aromatic heterocycles. The second kappa shape index (κ2) is 17.7. The van der Waals surface area contributed by atoms with Crippen LogP contribution in [0.5, 0.6) is 0 Å². The van der Waals surface area contributed by atoms with Crippen LogP contribution in [0.2, 0.25) is 0 Å². The second-order valence-corrected chi connectivity index (χ2v) is 6.73. The number of carboxylic acids is 1. The first-order valence-corrected chi connectivity index (χ1v) is 10.1. The molecule has 0 bridgehead atoms. The molecule has 0 aliphatic heterocycles. The molecule has 0 amide bonds. The maximum Gasteiger partial charge on any atom is 0.394 e. The number of aliphatic carboxylic acids is 1. The zero-order chi connectivity index (χ0) is 18.0. The molecule has 6 nitrogen and oxygen atoms in total. The number of unbranched alkanes of at least 4 members (excludes halogenated alkanes) is 12. The lowest BCUT2D eigenvalue weighted by atomic mass is 10.0. The highest BCUT2D eigenvalue weighted by Crippen LogP contribution is 2.12. The third kappa shape index (κ3) is 38.8. The Morgan fingerprint density at radius 3 is 1.22 bits per heavy atom. The highest BCUT2D eigenvalue weighted by atomic mass is 32.3. The minimum Gasteiger partial charge on any atom is -0.481 e. The van der Waals surface area contributed by atoms with Crippen molar-refractivity contribution in [3.63, 3.8) is 0 Å². The van der Waals surface area contributed by atoms with Crippen molar-refractivity contribution in [1.29, 1.82) is 0 Å². The molecule has 0 rings (SSSR count). The van der Waals surface area contributed by atoms with Gasteiger partial charge in [0.1, 0.15) is 0 Å². The molecule has 0 saturated carbocycles. The van der Waals surface area contributed by atoms with Crippen LogP contribution in [0.1, 0.15) is 96.8 Å². The minimum atomic E-state index is -4.67. The van der Waals surface area contributed by atoms with E-state index in [0.29, 0.717) is 6.42 Å². The van der Waals surface area contributed by atoms with E-state index in [1.54, 1.807) is 0 Å². The van der Waals surface area contributed by atoms with Crippen LogP contribution in [0.25, 0.3) is 0 Å². The van der Waals surface area contributed by atoms with E-state index in [0.717, 1.165) is 12.8 Å². The fourth-order valence-corrected chi connectivity index (χ4v) is 2.29. The fourth-order valence-electron chi connectivity index (χ4n) is 2.29. The van der Waals surface area contributed by atoms with Gasteiger partial charge in [0, 0.05) is 6.42 Å². The van der Waals surface area contributed by atoms with Crippen molar-refractivity contribution in [2.75, 3.05) is 0 Å². The first kappa shape index (κ1) is 24.6. The number of hydrogen-bond donors (Lipinski definition) is 3. The van der Waals surface area contributed by atoms with E-state index in [2.05, 4.69) is 6.92 Å². The summed E-state index contributed by atoms with van der Waals surface area (Å²) < 4.78 is 31.6. The Labute approximate surface area is 141 Å². The summed E-state index contributed by atoms with van der Waals surface area (Å²) in [6.07, 6.45) is 17.3. The Morgan fingerprint density at radius 1 is 0.696 bits per heavy atom. The number of carboxylic acid groups (broad SMARTS) is 1. The number of rotatable bonds is 14. The largest absolute Gasteiger partial charge is 0.481 e. The summed E-state index contributed by atoms with van der Waals surface area (Å²) >= 11 is 0. The van der Waals surface area contributed by atoms with Crippen LogP contribution in [0.15, 0.2) is 0 Å². The smallest absolute Gasteiger partial charge is 0.394 e. The quantitative estimate of drug-likeness (QED) is 0.302. The van der Waals surface area contributed by atoms with Crippen LogP contribution in [-0.2, 0) is 15.2 Å². The van der Waals surface area contributed by atoms with Crippen LogP contribution in [0, 0.1) is 0 Å². The van der Waals surface area contributed by atoms with Gasteiger partial charge >= 0.3 is 16.4 Å². The average Bonchev–Trinajstić information content (AvgIpc) is 2.42. The summed E-state index contributed by atoms with van der Waals surface area (Å²) in [7, 11) is -4.67. The molecule has 0 spiro atoms. The van der Waals surface area contributed by atoms with Gasteiger partial charge in [-0.05, 0) is 6.42 Å². The molecule has 140 valence electrons. The Balaban J connectivity index is 0. The van der Waals surface area contributed by atoms with Crippen LogP contribution in [-0.4, -0.2) is 28.6 Å². The zero-order valence-electron chi connectivity index (χ0n) is 14.4.